The van der Waals surface area contributed by atoms with E-state index in [2.05, 4.69) is 43.4 Å². The number of rotatable bonds is 5. The smallest absolute Gasteiger partial charge is 0.232 e. The molecule has 1 aliphatic rings. The number of aryl methyl sites for hydroxylation is 1. The van der Waals surface area contributed by atoms with Crippen molar-refractivity contribution in [1.82, 2.24) is 0 Å². The molecule has 1 amide bonds. The van der Waals surface area contributed by atoms with E-state index in [9.17, 15) is 4.79 Å². The maximum atomic E-state index is 12.2. The van der Waals surface area contributed by atoms with Crippen molar-refractivity contribution in [2.75, 3.05) is 5.32 Å². The van der Waals surface area contributed by atoms with Gasteiger partial charge in [-0.25, -0.2) is 0 Å². The topological polar surface area (TPSA) is 55.1 Å². The number of hydrogen-bond donors (Lipinski definition) is 2. The van der Waals surface area contributed by atoms with Gasteiger partial charge in [-0.1, -0.05) is 56.3 Å². The molecule has 0 fully saturated rings. The Morgan fingerprint density at radius 2 is 1.87 bits per heavy atom. The summed E-state index contributed by atoms with van der Waals surface area (Å²) in [5.74, 6) is 0.0584. The van der Waals surface area contributed by atoms with Gasteiger partial charge in [-0.3, -0.25) is 4.79 Å². The molecule has 3 heteroatoms. The highest BCUT2D eigenvalue weighted by Crippen LogP contribution is 2.40. The van der Waals surface area contributed by atoms with Gasteiger partial charge in [-0.05, 0) is 41.5 Å². The van der Waals surface area contributed by atoms with Crippen LogP contribution in [0.4, 0.5) is 5.69 Å². The number of benzene rings is 2. The van der Waals surface area contributed by atoms with E-state index in [1.54, 1.807) is 0 Å². The number of hydrogen-bond acceptors (Lipinski definition) is 2. The number of anilines is 1. The van der Waals surface area contributed by atoms with E-state index < -0.39 is 0 Å². The minimum Gasteiger partial charge on any atom is -0.325 e. The number of carbonyl (C=O) groups excluding carboxylic acids is 1. The number of nitrogens with two attached hydrogens (primary N) is 1. The van der Waals surface area contributed by atoms with Crippen LogP contribution in [0.15, 0.2) is 42.5 Å². The second kappa shape index (κ2) is 6.55. The van der Waals surface area contributed by atoms with Gasteiger partial charge in [0.15, 0.2) is 0 Å². The van der Waals surface area contributed by atoms with Crippen LogP contribution in [0.3, 0.4) is 0 Å². The van der Waals surface area contributed by atoms with E-state index >= 15 is 0 Å². The fraction of sp³-hybridized carbons (Fsp3) is 0.350. The fourth-order valence-electron chi connectivity index (χ4n) is 3.40. The SMILES string of the molecule is CCc1cc(C(N)Cc2ccccc2)c2c(c1)C(CC)C(=O)N2. The lowest BCUT2D eigenvalue weighted by atomic mass is 9.90. The van der Waals surface area contributed by atoms with Crippen LogP contribution < -0.4 is 11.1 Å². The molecular formula is C20H24N2O. The van der Waals surface area contributed by atoms with Gasteiger partial charge in [0, 0.05) is 11.7 Å². The average Bonchev–Trinajstić information content (AvgIpc) is 2.89. The van der Waals surface area contributed by atoms with Crippen LogP contribution >= 0.6 is 0 Å². The lowest BCUT2D eigenvalue weighted by Gasteiger charge is -2.18. The summed E-state index contributed by atoms with van der Waals surface area (Å²) in [6.45, 7) is 4.20. The molecule has 2 unspecified atom stereocenters. The number of carbonyl (C=O) groups is 1. The van der Waals surface area contributed by atoms with Gasteiger partial charge in [0.25, 0.3) is 0 Å². The van der Waals surface area contributed by atoms with Crippen molar-refractivity contribution >= 4 is 11.6 Å². The van der Waals surface area contributed by atoms with Crippen molar-refractivity contribution in [2.24, 2.45) is 5.73 Å². The Bertz CT molecular complexity index is 709. The summed E-state index contributed by atoms with van der Waals surface area (Å²) < 4.78 is 0. The van der Waals surface area contributed by atoms with Crippen LogP contribution in [0, 0.1) is 0 Å². The minimum absolute atomic E-state index is 0.0424. The Hall–Kier alpha value is -2.13. The molecular weight excluding hydrogens is 284 g/mol. The minimum atomic E-state index is -0.117. The Morgan fingerprint density at radius 3 is 2.52 bits per heavy atom. The molecule has 3 nitrogen and oxygen atoms in total. The monoisotopic (exact) mass is 308 g/mol. The van der Waals surface area contributed by atoms with E-state index in [1.165, 1.54) is 11.1 Å². The van der Waals surface area contributed by atoms with Gasteiger partial charge in [0.1, 0.15) is 0 Å². The molecule has 0 aliphatic carbocycles. The Kier molecular flexibility index (Phi) is 4.49. The zero-order chi connectivity index (χ0) is 16.4. The lowest BCUT2D eigenvalue weighted by molar-refractivity contribution is -0.117. The fourth-order valence-corrected chi connectivity index (χ4v) is 3.40. The summed E-state index contributed by atoms with van der Waals surface area (Å²) in [4.78, 5) is 12.2. The van der Waals surface area contributed by atoms with Gasteiger partial charge in [0.2, 0.25) is 5.91 Å². The molecule has 3 rings (SSSR count). The molecule has 1 aliphatic heterocycles. The van der Waals surface area contributed by atoms with Crippen molar-refractivity contribution in [2.45, 2.75) is 45.1 Å². The summed E-state index contributed by atoms with van der Waals surface area (Å²) in [5.41, 5.74) is 12.1. The second-order valence-electron chi connectivity index (χ2n) is 6.25. The van der Waals surface area contributed by atoms with E-state index in [0.29, 0.717) is 0 Å². The van der Waals surface area contributed by atoms with Crippen molar-refractivity contribution in [3.8, 4) is 0 Å². The normalized spacial score (nSPS) is 17.7. The lowest BCUT2D eigenvalue weighted by Crippen LogP contribution is -2.16. The molecule has 2 aromatic carbocycles. The summed E-state index contributed by atoms with van der Waals surface area (Å²) in [6.07, 6.45) is 2.54. The first-order chi connectivity index (χ1) is 11.1. The first-order valence-corrected chi connectivity index (χ1v) is 8.41. The summed E-state index contributed by atoms with van der Waals surface area (Å²) >= 11 is 0. The van der Waals surface area contributed by atoms with Crippen molar-refractivity contribution in [3.05, 3.63) is 64.7 Å². The third kappa shape index (κ3) is 3.02. The molecule has 120 valence electrons. The van der Waals surface area contributed by atoms with Gasteiger partial charge in [-0.15, -0.1) is 0 Å². The third-order valence-corrected chi connectivity index (χ3v) is 4.71. The molecule has 2 aromatic rings. The van der Waals surface area contributed by atoms with Gasteiger partial charge in [-0.2, -0.15) is 0 Å². The molecule has 0 saturated heterocycles. The largest absolute Gasteiger partial charge is 0.325 e. The van der Waals surface area contributed by atoms with E-state index in [4.69, 9.17) is 5.73 Å². The Balaban J connectivity index is 1.99. The zero-order valence-electron chi connectivity index (χ0n) is 13.8. The van der Waals surface area contributed by atoms with Crippen molar-refractivity contribution in [1.29, 1.82) is 0 Å². The highest BCUT2D eigenvalue weighted by atomic mass is 16.2. The third-order valence-electron chi connectivity index (χ3n) is 4.71. The standard InChI is InChI=1S/C20H24N2O/c1-3-13-10-16-15(4-2)20(23)22-19(16)17(11-13)18(21)12-14-8-6-5-7-9-14/h5-11,15,18H,3-4,12,21H2,1-2H3,(H,22,23). The van der Waals surface area contributed by atoms with Crippen LogP contribution in [0.25, 0.3) is 0 Å². The molecule has 3 N–H and O–H groups in total. The molecule has 1 heterocycles. The first kappa shape index (κ1) is 15.8. The Morgan fingerprint density at radius 1 is 1.13 bits per heavy atom. The molecule has 0 spiro atoms. The maximum absolute atomic E-state index is 12.2. The van der Waals surface area contributed by atoms with Gasteiger partial charge in [0.05, 0.1) is 5.92 Å². The molecule has 2 atom stereocenters. The predicted molar refractivity (Wildman–Crippen MR) is 94.6 cm³/mol. The Labute approximate surface area is 137 Å². The van der Waals surface area contributed by atoms with Crippen molar-refractivity contribution in [3.63, 3.8) is 0 Å². The van der Waals surface area contributed by atoms with Crippen LogP contribution in [0.5, 0.6) is 0 Å². The number of fused-ring (bicyclic) bond motifs is 1. The average molecular weight is 308 g/mol. The van der Waals surface area contributed by atoms with E-state index in [-0.39, 0.29) is 17.9 Å². The summed E-state index contributed by atoms with van der Waals surface area (Å²) in [5, 5.41) is 3.07. The maximum Gasteiger partial charge on any atom is 0.232 e. The molecule has 23 heavy (non-hydrogen) atoms. The second-order valence-corrected chi connectivity index (χ2v) is 6.25. The van der Waals surface area contributed by atoms with Crippen LogP contribution in [0.1, 0.15) is 54.5 Å². The van der Waals surface area contributed by atoms with Crippen LogP contribution in [-0.2, 0) is 17.6 Å². The zero-order valence-corrected chi connectivity index (χ0v) is 13.8. The number of amides is 1. The molecule has 0 radical (unpaired) electrons. The highest BCUT2D eigenvalue weighted by molar-refractivity contribution is 6.03. The first-order valence-electron chi connectivity index (χ1n) is 8.41. The number of nitrogens with one attached hydrogen (secondary N) is 1. The van der Waals surface area contributed by atoms with Gasteiger partial charge < -0.3 is 11.1 Å². The van der Waals surface area contributed by atoms with E-state index in [0.717, 1.165) is 36.1 Å². The highest BCUT2D eigenvalue weighted by Gasteiger charge is 2.32. The van der Waals surface area contributed by atoms with E-state index in [1.807, 2.05) is 18.2 Å². The molecule has 0 saturated carbocycles. The summed E-state index contributed by atoms with van der Waals surface area (Å²) in [6, 6.07) is 14.5. The van der Waals surface area contributed by atoms with Gasteiger partial charge >= 0.3 is 0 Å². The van der Waals surface area contributed by atoms with Crippen LogP contribution in [-0.4, -0.2) is 5.91 Å². The van der Waals surface area contributed by atoms with Crippen molar-refractivity contribution < 1.29 is 4.79 Å². The van der Waals surface area contributed by atoms with Crippen LogP contribution in [0.2, 0.25) is 0 Å². The molecule has 0 aromatic heterocycles. The summed E-state index contributed by atoms with van der Waals surface area (Å²) in [7, 11) is 0. The molecule has 0 bridgehead atoms. The quantitative estimate of drug-likeness (QED) is 0.879. The predicted octanol–water partition coefficient (Wildman–Crippen LogP) is 3.94.